The first-order chi connectivity index (χ1) is 8.74. The summed E-state index contributed by atoms with van der Waals surface area (Å²) in [5, 5.41) is 9.70. The molecule has 1 heterocycles. The molecule has 0 aliphatic carbocycles. The monoisotopic (exact) mass is 240 g/mol. The Balaban J connectivity index is 1.95. The van der Waals surface area contributed by atoms with Crippen molar-refractivity contribution in [1.82, 2.24) is 0 Å². The molecule has 0 radical (unpaired) electrons. The summed E-state index contributed by atoms with van der Waals surface area (Å²) >= 11 is 0. The fourth-order valence-corrected chi connectivity index (χ4v) is 1.78. The van der Waals surface area contributed by atoms with Crippen LogP contribution in [0.1, 0.15) is 11.1 Å². The van der Waals surface area contributed by atoms with Gasteiger partial charge in [0.2, 0.25) is 0 Å². The number of fused-ring (bicyclic) bond motifs is 1. The van der Waals surface area contributed by atoms with Crippen molar-refractivity contribution in [3.63, 3.8) is 0 Å². The molecule has 0 saturated heterocycles. The van der Waals surface area contributed by atoms with Crippen LogP contribution in [-0.2, 0) is 0 Å². The summed E-state index contributed by atoms with van der Waals surface area (Å²) in [7, 11) is 0. The lowest BCUT2D eigenvalue weighted by atomic mass is 10.1. The highest BCUT2D eigenvalue weighted by atomic mass is 16.6. The Morgan fingerprint density at radius 1 is 1.00 bits per heavy atom. The summed E-state index contributed by atoms with van der Waals surface area (Å²) in [5.41, 5.74) is 1.61. The molecule has 3 nitrogen and oxygen atoms in total. The average Bonchev–Trinajstić information content (AvgIpc) is 2.41. The minimum Gasteiger partial charge on any atom is -0.508 e. The number of phenolic OH excluding ortho intramolecular Hbond substituents is 1. The molecule has 0 spiro atoms. The van der Waals surface area contributed by atoms with Crippen LogP contribution in [0.25, 0.3) is 5.76 Å². The largest absolute Gasteiger partial charge is 0.508 e. The van der Waals surface area contributed by atoms with Gasteiger partial charge in [0.15, 0.2) is 17.3 Å². The number of benzene rings is 2. The number of para-hydroxylation sites is 2. The van der Waals surface area contributed by atoms with E-state index in [4.69, 9.17) is 9.47 Å². The minimum atomic E-state index is 0.246. The molecule has 1 N–H and O–H groups in total. The summed E-state index contributed by atoms with van der Waals surface area (Å²) in [4.78, 5) is 0. The van der Waals surface area contributed by atoms with Crippen LogP contribution in [-0.4, -0.2) is 5.11 Å². The predicted octanol–water partition coefficient (Wildman–Crippen LogP) is 3.47. The van der Waals surface area contributed by atoms with Gasteiger partial charge in [0.05, 0.1) is 0 Å². The van der Waals surface area contributed by atoms with Crippen LogP contribution in [0.3, 0.4) is 0 Å². The summed E-state index contributed by atoms with van der Waals surface area (Å²) in [6.07, 6.45) is 1.55. The number of hydrogen-bond donors (Lipinski definition) is 1. The van der Waals surface area contributed by atoms with Crippen LogP contribution in [0.5, 0.6) is 17.2 Å². The molecular formula is C15H12O3. The molecule has 90 valence electrons. The topological polar surface area (TPSA) is 38.7 Å². The minimum absolute atomic E-state index is 0.246. The molecule has 3 rings (SSSR count). The molecule has 0 unspecified atom stereocenters. The highest BCUT2D eigenvalue weighted by molar-refractivity contribution is 5.66. The van der Waals surface area contributed by atoms with E-state index in [0.717, 1.165) is 11.1 Å². The van der Waals surface area contributed by atoms with Gasteiger partial charge in [-0.05, 0) is 30.7 Å². The predicted molar refractivity (Wildman–Crippen MR) is 68.5 cm³/mol. The molecule has 1 aliphatic heterocycles. The van der Waals surface area contributed by atoms with Gasteiger partial charge in [-0.2, -0.15) is 0 Å². The third kappa shape index (κ3) is 1.80. The smallest absolute Gasteiger partial charge is 0.170 e. The Morgan fingerprint density at radius 3 is 2.56 bits per heavy atom. The van der Waals surface area contributed by atoms with Crippen LogP contribution in [0.4, 0.5) is 0 Å². The van der Waals surface area contributed by atoms with Crippen molar-refractivity contribution in [1.29, 1.82) is 0 Å². The normalized spacial score (nSPS) is 13.1. The Morgan fingerprint density at radius 2 is 1.78 bits per heavy atom. The van der Waals surface area contributed by atoms with E-state index in [-0.39, 0.29) is 5.75 Å². The SMILES string of the molecule is Cc1ccc(C2=COc3ccccc3O2)cc1O. The van der Waals surface area contributed by atoms with Crippen molar-refractivity contribution in [2.75, 3.05) is 0 Å². The van der Waals surface area contributed by atoms with Crippen molar-refractivity contribution >= 4 is 5.76 Å². The lowest BCUT2D eigenvalue weighted by molar-refractivity contribution is 0.383. The van der Waals surface area contributed by atoms with Gasteiger partial charge in [-0.1, -0.05) is 24.3 Å². The molecule has 0 fully saturated rings. The van der Waals surface area contributed by atoms with E-state index >= 15 is 0 Å². The van der Waals surface area contributed by atoms with Crippen LogP contribution in [0, 0.1) is 6.92 Å². The van der Waals surface area contributed by atoms with Gasteiger partial charge in [0.1, 0.15) is 12.0 Å². The maximum absolute atomic E-state index is 9.70. The van der Waals surface area contributed by atoms with Gasteiger partial charge in [-0.25, -0.2) is 0 Å². The quantitative estimate of drug-likeness (QED) is 0.829. The van der Waals surface area contributed by atoms with E-state index in [1.165, 1.54) is 0 Å². The molecule has 3 heteroatoms. The molecular weight excluding hydrogens is 228 g/mol. The molecule has 2 aromatic carbocycles. The van der Waals surface area contributed by atoms with Crippen molar-refractivity contribution in [3.05, 3.63) is 59.9 Å². The molecule has 0 amide bonds. The lowest BCUT2D eigenvalue weighted by Gasteiger charge is -2.18. The van der Waals surface area contributed by atoms with Crippen molar-refractivity contribution in [2.45, 2.75) is 6.92 Å². The van der Waals surface area contributed by atoms with E-state index in [2.05, 4.69) is 0 Å². The number of ether oxygens (including phenoxy) is 2. The van der Waals surface area contributed by atoms with Crippen LogP contribution < -0.4 is 9.47 Å². The van der Waals surface area contributed by atoms with Crippen LogP contribution in [0.2, 0.25) is 0 Å². The standard InChI is InChI=1S/C15H12O3/c1-10-6-7-11(8-12(10)16)15-9-17-13-4-2-3-5-14(13)18-15/h2-9,16H,1H3. The molecule has 1 aliphatic rings. The van der Waals surface area contributed by atoms with E-state index in [9.17, 15) is 5.11 Å². The lowest BCUT2D eigenvalue weighted by Crippen LogP contribution is -2.04. The molecule has 0 saturated carbocycles. The van der Waals surface area contributed by atoms with E-state index in [0.29, 0.717) is 17.3 Å². The first-order valence-electron chi connectivity index (χ1n) is 5.68. The highest BCUT2D eigenvalue weighted by Gasteiger charge is 2.15. The fraction of sp³-hybridized carbons (Fsp3) is 0.0667. The molecule has 0 aromatic heterocycles. The van der Waals surface area contributed by atoms with Gasteiger partial charge in [0.25, 0.3) is 0 Å². The summed E-state index contributed by atoms with van der Waals surface area (Å²) < 4.78 is 11.2. The number of aryl methyl sites for hydroxylation is 1. The zero-order valence-electron chi connectivity index (χ0n) is 9.88. The average molecular weight is 240 g/mol. The summed E-state index contributed by atoms with van der Waals surface area (Å²) in [5.74, 6) is 2.20. The molecule has 0 bridgehead atoms. The number of phenols is 1. The third-order valence-electron chi connectivity index (χ3n) is 2.86. The Labute approximate surface area is 105 Å². The van der Waals surface area contributed by atoms with Gasteiger partial charge in [-0.3, -0.25) is 0 Å². The van der Waals surface area contributed by atoms with Crippen LogP contribution in [0.15, 0.2) is 48.7 Å². The summed E-state index contributed by atoms with van der Waals surface area (Å²) in [6.45, 7) is 1.85. The van der Waals surface area contributed by atoms with Crippen molar-refractivity contribution < 1.29 is 14.6 Å². The maximum atomic E-state index is 9.70. The molecule has 0 atom stereocenters. The van der Waals surface area contributed by atoms with Gasteiger partial charge in [0, 0.05) is 5.56 Å². The van der Waals surface area contributed by atoms with Gasteiger partial charge >= 0.3 is 0 Å². The van der Waals surface area contributed by atoms with Gasteiger partial charge in [-0.15, -0.1) is 0 Å². The van der Waals surface area contributed by atoms with Gasteiger partial charge < -0.3 is 14.6 Å². The third-order valence-corrected chi connectivity index (χ3v) is 2.86. The zero-order valence-corrected chi connectivity index (χ0v) is 9.88. The second-order valence-electron chi connectivity index (χ2n) is 4.15. The summed E-state index contributed by atoms with van der Waals surface area (Å²) in [6, 6.07) is 12.9. The molecule has 18 heavy (non-hydrogen) atoms. The highest BCUT2D eigenvalue weighted by Crippen LogP contribution is 2.35. The first-order valence-corrected chi connectivity index (χ1v) is 5.68. The van der Waals surface area contributed by atoms with E-state index in [1.807, 2.05) is 43.3 Å². The molecule has 2 aromatic rings. The number of hydrogen-bond acceptors (Lipinski definition) is 3. The Kier molecular flexibility index (Phi) is 2.45. The van der Waals surface area contributed by atoms with Crippen LogP contribution >= 0.6 is 0 Å². The van der Waals surface area contributed by atoms with E-state index in [1.54, 1.807) is 12.3 Å². The Bertz CT molecular complexity index is 629. The second kappa shape index (κ2) is 4.11. The number of aromatic hydroxyl groups is 1. The number of rotatable bonds is 1. The maximum Gasteiger partial charge on any atom is 0.170 e. The zero-order chi connectivity index (χ0) is 12.5. The Hall–Kier alpha value is -2.42. The first kappa shape index (κ1) is 10.7. The second-order valence-corrected chi connectivity index (χ2v) is 4.15. The fourth-order valence-electron chi connectivity index (χ4n) is 1.78. The van der Waals surface area contributed by atoms with Crippen molar-refractivity contribution in [2.24, 2.45) is 0 Å². The van der Waals surface area contributed by atoms with E-state index < -0.39 is 0 Å². The van der Waals surface area contributed by atoms with Crippen molar-refractivity contribution in [3.8, 4) is 17.2 Å².